The number of nitrogens with zero attached hydrogens (tertiary/aromatic N) is 1. The molecule has 170 valence electrons. The molecule has 1 aliphatic heterocycles. The first-order chi connectivity index (χ1) is 15.9. The summed E-state index contributed by atoms with van der Waals surface area (Å²) in [6, 6.07) is 13.3. The highest BCUT2D eigenvalue weighted by Gasteiger charge is 2.41. The molecule has 0 aromatic heterocycles. The summed E-state index contributed by atoms with van der Waals surface area (Å²) in [6.45, 7) is 1.75. The van der Waals surface area contributed by atoms with Gasteiger partial charge < -0.3 is 14.8 Å². The number of Topliss-reactive ketones (excluding diaryl/α,β-unsaturated/α-hetero) is 1. The van der Waals surface area contributed by atoms with Gasteiger partial charge in [0.2, 0.25) is 0 Å². The van der Waals surface area contributed by atoms with Gasteiger partial charge in [-0.05, 0) is 37.5 Å². The van der Waals surface area contributed by atoms with E-state index in [9.17, 15) is 19.7 Å². The Hall–Kier alpha value is -3.94. The first-order valence-corrected chi connectivity index (χ1v) is 10.7. The molecule has 2 aliphatic rings. The average molecular weight is 448 g/mol. The third-order valence-corrected chi connectivity index (χ3v) is 5.97. The molecule has 0 spiro atoms. The molecule has 8 nitrogen and oxygen atoms in total. The van der Waals surface area contributed by atoms with Gasteiger partial charge in [0.15, 0.2) is 5.78 Å². The molecule has 0 saturated carbocycles. The number of carbonyl (C=O) groups excluding carboxylic acids is 2. The predicted molar refractivity (Wildman–Crippen MR) is 120 cm³/mol. The Kier molecular flexibility index (Phi) is 6.26. The largest absolute Gasteiger partial charge is 0.497 e. The maximum atomic E-state index is 13.3. The molecule has 33 heavy (non-hydrogen) atoms. The number of ketones is 1. The highest BCUT2D eigenvalue weighted by Crippen LogP contribution is 2.45. The maximum absolute atomic E-state index is 13.3. The summed E-state index contributed by atoms with van der Waals surface area (Å²) in [6.07, 6.45) is 1.67. The minimum Gasteiger partial charge on any atom is -0.497 e. The van der Waals surface area contributed by atoms with Crippen LogP contribution in [0.25, 0.3) is 0 Å². The second kappa shape index (κ2) is 9.28. The van der Waals surface area contributed by atoms with Crippen molar-refractivity contribution in [2.75, 3.05) is 7.11 Å². The van der Waals surface area contributed by atoms with Gasteiger partial charge in [0.1, 0.15) is 12.4 Å². The molecule has 2 aromatic carbocycles. The van der Waals surface area contributed by atoms with Crippen LogP contribution in [-0.4, -0.2) is 23.8 Å². The number of carbonyl (C=O) groups is 2. The van der Waals surface area contributed by atoms with E-state index >= 15 is 0 Å². The van der Waals surface area contributed by atoms with E-state index in [1.54, 1.807) is 56.5 Å². The molecule has 0 bridgehead atoms. The molecule has 0 amide bonds. The van der Waals surface area contributed by atoms with Crippen LogP contribution in [0.5, 0.6) is 5.75 Å². The Morgan fingerprint density at radius 1 is 1.15 bits per heavy atom. The number of ether oxygens (including phenoxy) is 2. The first-order valence-electron chi connectivity index (χ1n) is 10.7. The van der Waals surface area contributed by atoms with E-state index in [1.165, 1.54) is 6.07 Å². The van der Waals surface area contributed by atoms with Crippen LogP contribution in [0, 0.1) is 10.1 Å². The summed E-state index contributed by atoms with van der Waals surface area (Å²) < 4.78 is 10.7. The number of methoxy groups -OCH3 is 1. The van der Waals surface area contributed by atoms with Gasteiger partial charge in [0.25, 0.3) is 5.69 Å². The summed E-state index contributed by atoms with van der Waals surface area (Å²) in [5, 5.41) is 15.0. The highest BCUT2D eigenvalue weighted by molar-refractivity contribution is 6.04. The molecule has 1 unspecified atom stereocenters. The molecule has 4 rings (SSSR count). The van der Waals surface area contributed by atoms with Crippen molar-refractivity contribution in [3.05, 3.63) is 92.3 Å². The van der Waals surface area contributed by atoms with Gasteiger partial charge in [-0.2, -0.15) is 0 Å². The number of allylic oxidation sites excluding steroid dienone is 3. The lowest BCUT2D eigenvalue weighted by Gasteiger charge is -2.33. The number of nitro groups is 1. The minimum atomic E-state index is -0.862. The van der Waals surface area contributed by atoms with Gasteiger partial charge in [0.05, 0.1) is 23.5 Å². The van der Waals surface area contributed by atoms with Gasteiger partial charge in [-0.15, -0.1) is 0 Å². The molecule has 1 heterocycles. The summed E-state index contributed by atoms with van der Waals surface area (Å²) in [5.74, 6) is -0.908. The van der Waals surface area contributed by atoms with Crippen molar-refractivity contribution >= 4 is 17.4 Å². The Bertz CT molecular complexity index is 1180. The van der Waals surface area contributed by atoms with E-state index in [2.05, 4.69) is 5.32 Å². The zero-order valence-corrected chi connectivity index (χ0v) is 18.4. The van der Waals surface area contributed by atoms with Gasteiger partial charge >= 0.3 is 5.97 Å². The standard InChI is InChI=1S/C25H24N2O6/c1-15-22(25(29)33-14-16-10-12-17(32-2)13-11-16)23(18-6-3-4-8-20(18)27(30)31)24-19(26-15)7-5-9-21(24)28/h3-4,6,8,10-13,23,26H,5,7,9,14H2,1-2H3. The number of esters is 1. The fourth-order valence-electron chi connectivity index (χ4n) is 4.41. The van der Waals surface area contributed by atoms with Gasteiger partial charge in [-0.1, -0.05) is 30.3 Å². The topological polar surface area (TPSA) is 108 Å². The number of dihydropyridines is 1. The molecule has 2 aromatic rings. The van der Waals surface area contributed by atoms with Gasteiger partial charge in [0, 0.05) is 35.0 Å². The highest BCUT2D eigenvalue weighted by atomic mass is 16.6. The smallest absolute Gasteiger partial charge is 0.337 e. The van der Waals surface area contributed by atoms with Gasteiger partial charge in [-0.25, -0.2) is 4.79 Å². The SMILES string of the molecule is COc1ccc(COC(=O)C2=C(C)NC3=C(C(=O)CCC3)C2c2ccccc2[N+](=O)[O-])cc1. The number of hydrogen-bond acceptors (Lipinski definition) is 7. The first kappa shape index (κ1) is 22.3. The quantitative estimate of drug-likeness (QED) is 0.398. The number of rotatable bonds is 6. The van der Waals surface area contributed by atoms with E-state index in [0.29, 0.717) is 41.8 Å². The fourth-order valence-corrected chi connectivity index (χ4v) is 4.41. The van der Waals surface area contributed by atoms with Crippen LogP contribution in [-0.2, 0) is 20.9 Å². The van der Waals surface area contributed by atoms with E-state index in [0.717, 1.165) is 11.3 Å². The Labute approximate surface area is 191 Å². The number of benzene rings is 2. The summed E-state index contributed by atoms with van der Waals surface area (Å²) in [4.78, 5) is 37.5. The monoisotopic (exact) mass is 448 g/mol. The van der Waals surface area contributed by atoms with Crippen LogP contribution in [0.2, 0.25) is 0 Å². The van der Waals surface area contributed by atoms with Crippen LogP contribution in [0.1, 0.15) is 43.2 Å². The summed E-state index contributed by atoms with van der Waals surface area (Å²) in [5.41, 5.74) is 2.82. The number of nitrogens with one attached hydrogen (secondary N) is 1. The number of para-hydroxylation sites is 1. The van der Waals surface area contributed by atoms with E-state index < -0.39 is 16.8 Å². The summed E-state index contributed by atoms with van der Waals surface area (Å²) in [7, 11) is 1.57. The van der Waals surface area contributed by atoms with Crippen molar-refractivity contribution in [3.63, 3.8) is 0 Å². The lowest BCUT2D eigenvalue weighted by molar-refractivity contribution is -0.385. The lowest BCUT2D eigenvalue weighted by atomic mass is 9.75. The Morgan fingerprint density at radius 2 is 1.88 bits per heavy atom. The molecule has 0 radical (unpaired) electrons. The van der Waals surface area contributed by atoms with Crippen LogP contribution in [0.3, 0.4) is 0 Å². The van der Waals surface area contributed by atoms with E-state index in [-0.39, 0.29) is 23.7 Å². The maximum Gasteiger partial charge on any atom is 0.337 e. The van der Waals surface area contributed by atoms with Crippen molar-refractivity contribution in [2.45, 2.75) is 38.7 Å². The second-order valence-electron chi connectivity index (χ2n) is 8.01. The van der Waals surface area contributed by atoms with E-state index in [4.69, 9.17) is 9.47 Å². The van der Waals surface area contributed by atoms with Crippen molar-refractivity contribution in [1.29, 1.82) is 0 Å². The minimum absolute atomic E-state index is 0.0169. The fraction of sp³-hybridized carbons (Fsp3) is 0.280. The van der Waals surface area contributed by atoms with Crippen molar-refractivity contribution < 1.29 is 24.0 Å². The average Bonchev–Trinajstić information content (AvgIpc) is 2.82. The molecule has 1 atom stereocenters. The molecule has 8 heteroatoms. The van der Waals surface area contributed by atoms with Crippen molar-refractivity contribution in [1.82, 2.24) is 5.32 Å². The zero-order chi connectivity index (χ0) is 23.5. The molecule has 1 N–H and O–H groups in total. The summed E-state index contributed by atoms with van der Waals surface area (Å²) >= 11 is 0. The second-order valence-corrected chi connectivity index (χ2v) is 8.01. The van der Waals surface area contributed by atoms with Crippen LogP contribution in [0.15, 0.2) is 71.1 Å². The molecular formula is C25H24N2O6. The molecular weight excluding hydrogens is 424 g/mol. The van der Waals surface area contributed by atoms with Crippen LogP contribution >= 0.6 is 0 Å². The Morgan fingerprint density at radius 3 is 2.58 bits per heavy atom. The number of nitro benzene ring substituents is 1. The molecule has 0 fully saturated rings. The Balaban J connectivity index is 1.72. The molecule has 1 aliphatic carbocycles. The van der Waals surface area contributed by atoms with E-state index in [1.807, 2.05) is 0 Å². The van der Waals surface area contributed by atoms with Crippen LogP contribution < -0.4 is 10.1 Å². The predicted octanol–water partition coefficient (Wildman–Crippen LogP) is 4.31. The zero-order valence-electron chi connectivity index (χ0n) is 18.4. The lowest BCUT2D eigenvalue weighted by Crippen LogP contribution is -2.34. The van der Waals surface area contributed by atoms with Crippen molar-refractivity contribution in [2.24, 2.45) is 0 Å². The third kappa shape index (κ3) is 4.37. The van der Waals surface area contributed by atoms with Crippen molar-refractivity contribution in [3.8, 4) is 5.75 Å². The normalized spacial score (nSPS) is 17.9. The van der Waals surface area contributed by atoms with Gasteiger partial charge in [-0.3, -0.25) is 14.9 Å². The third-order valence-electron chi connectivity index (χ3n) is 5.97. The number of hydrogen-bond donors (Lipinski definition) is 1. The molecule has 0 saturated heterocycles. The van der Waals surface area contributed by atoms with Crippen LogP contribution in [0.4, 0.5) is 5.69 Å².